The minimum Gasteiger partial charge on any atom is -0.368 e. The van der Waals surface area contributed by atoms with E-state index in [1.165, 1.54) is 13.8 Å². The molecule has 1 aliphatic heterocycles. The molecule has 3 amide bonds. The van der Waals surface area contributed by atoms with Crippen molar-refractivity contribution in [1.82, 2.24) is 34.7 Å². The molecule has 1 aromatic carbocycles. The zero-order valence-electron chi connectivity index (χ0n) is 35.4. The number of nitro groups is 1. The van der Waals surface area contributed by atoms with Gasteiger partial charge in [0.25, 0.3) is 11.5 Å². The number of hydrogen-bond donors (Lipinski definition) is 4. The Morgan fingerprint density at radius 2 is 1.67 bits per heavy atom. The molecule has 19 nitrogen and oxygen atoms in total. The first-order valence-corrected chi connectivity index (χ1v) is 21.9. The molecule has 1 aliphatic carbocycles. The topological polar surface area (TPSA) is 240 Å². The molecule has 5 heterocycles. The van der Waals surface area contributed by atoms with Gasteiger partial charge < -0.3 is 20.9 Å². The second-order valence-electron chi connectivity index (χ2n) is 15.8. The standard InChI is InChI=1S/C43H50N12O7S/c1-26-32-24-46-42(50-38(32)54(29-11-6-7-12-29)40(60)37(26)28(3)56)49-34-17-16-30(23-45-34)53-21-19-52(20-22-53)25-36(58)44-18-10-4-5-15-35(57)48-33-14-9-8-13-31(33)39(59)51-43-47-27(2)41(63-43)55(61)62/h8-9,13-14,16-17,23-24,29H,4-7,10-12,15,18-22,25H2,1-3H3,(H,44,58)(H,48,57)(H,47,51,59)(H,45,46,49,50). The second kappa shape index (κ2) is 20.0. The summed E-state index contributed by atoms with van der Waals surface area (Å²) in [5.41, 5.74) is 2.69. The molecular weight excluding hydrogens is 829 g/mol. The molecule has 2 aliphatic rings. The van der Waals surface area contributed by atoms with Crippen molar-refractivity contribution in [2.24, 2.45) is 0 Å². The van der Waals surface area contributed by atoms with Gasteiger partial charge in [-0.15, -0.1) is 0 Å². The Balaban J connectivity index is 0.809. The van der Waals surface area contributed by atoms with Gasteiger partial charge in [-0.25, -0.2) is 15.0 Å². The number of carbonyl (C=O) groups excluding carboxylic acids is 4. The Morgan fingerprint density at radius 3 is 2.37 bits per heavy atom. The highest BCUT2D eigenvalue weighted by atomic mass is 32.1. The predicted molar refractivity (Wildman–Crippen MR) is 240 cm³/mol. The summed E-state index contributed by atoms with van der Waals surface area (Å²) in [5.74, 6) is -0.260. The minimum absolute atomic E-state index is 0.0132. The quantitative estimate of drug-likeness (QED) is 0.0367. The molecule has 5 aromatic rings. The van der Waals surface area contributed by atoms with Crippen LogP contribution in [0.3, 0.4) is 0 Å². The molecule has 0 unspecified atom stereocenters. The van der Waals surface area contributed by atoms with Crippen molar-refractivity contribution in [2.75, 3.05) is 60.1 Å². The third-order valence-corrected chi connectivity index (χ3v) is 12.4. The van der Waals surface area contributed by atoms with E-state index in [2.05, 4.69) is 46.0 Å². The van der Waals surface area contributed by atoms with E-state index >= 15 is 0 Å². The van der Waals surface area contributed by atoms with Crippen molar-refractivity contribution in [2.45, 2.75) is 78.2 Å². The van der Waals surface area contributed by atoms with Gasteiger partial charge in [0.05, 0.1) is 40.2 Å². The molecule has 1 saturated carbocycles. The highest BCUT2D eigenvalue weighted by Gasteiger charge is 2.27. The number of unbranched alkanes of at least 4 members (excludes halogenated alkanes) is 2. The van der Waals surface area contributed by atoms with Crippen LogP contribution >= 0.6 is 11.3 Å². The number of carbonyl (C=O) groups is 4. The van der Waals surface area contributed by atoms with Crippen LogP contribution < -0.4 is 31.7 Å². The fourth-order valence-electron chi connectivity index (χ4n) is 8.09. The summed E-state index contributed by atoms with van der Waals surface area (Å²) in [5, 5.41) is 23.3. The number of ketones is 1. The number of para-hydroxylation sites is 1. The first-order valence-electron chi connectivity index (χ1n) is 21.1. The second-order valence-corrected chi connectivity index (χ2v) is 16.7. The van der Waals surface area contributed by atoms with Crippen LogP contribution in [0, 0.1) is 24.0 Å². The summed E-state index contributed by atoms with van der Waals surface area (Å²) in [6.07, 6.45) is 9.47. The van der Waals surface area contributed by atoms with Gasteiger partial charge >= 0.3 is 5.00 Å². The maximum atomic E-state index is 13.6. The summed E-state index contributed by atoms with van der Waals surface area (Å²) in [7, 11) is 0. The van der Waals surface area contributed by atoms with Crippen molar-refractivity contribution < 1.29 is 24.1 Å². The van der Waals surface area contributed by atoms with Crippen molar-refractivity contribution >= 4 is 79.1 Å². The van der Waals surface area contributed by atoms with E-state index < -0.39 is 10.8 Å². The van der Waals surface area contributed by atoms with Crippen molar-refractivity contribution in [3.8, 4) is 0 Å². The molecule has 4 N–H and O–H groups in total. The molecular formula is C43H50N12O7S. The van der Waals surface area contributed by atoms with Gasteiger partial charge in [0.2, 0.25) is 17.8 Å². The molecule has 0 radical (unpaired) electrons. The summed E-state index contributed by atoms with van der Waals surface area (Å²) >= 11 is 0.764. The van der Waals surface area contributed by atoms with Gasteiger partial charge in [-0.05, 0) is 87.6 Å². The van der Waals surface area contributed by atoms with Crippen LogP contribution in [0.4, 0.5) is 33.3 Å². The highest BCUT2D eigenvalue weighted by molar-refractivity contribution is 7.19. The Morgan fingerprint density at radius 1 is 0.905 bits per heavy atom. The van der Waals surface area contributed by atoms with Crippen molar-refractivity contribution in [3.63, 3.8) is 0 Å². The molecule has 2 fully saturated rings. The fourth-order valence-corrected chi connectivity index (χ4v) is 8.86. The fraction of sp³-hybridized carbons (Fsp3) is 0.419. The van der Waals surface area contributed by atoms with Crippen LogP contribution in [0.5, 0.6) is 0 Å². The maximum Gasteiger partial charge on any atom is 0.348 e. The van der Waals surface area contributed by atoms with E-state index in [-0.39, 0.29) is 62.6 Å². The van der Waals surface area contributed by atoms with E-state index in [9.17, 15) is 34.1 Å². The molecule has 4 aromatic heterocycles. The van der Waals surface area contributed by atoms with E-state index in [0.29, 0.717) is 73.1 Å². The lowest BCUT2D eigenvalue weighted by Crippen LogP contribution is -2.49. The van der Waals surface area contributed by atoms with Crippen LogP contribution in [0.25, 0.3) is 11.0 Å². The van der Waals surface area contributed by atoms with Crippen LogP contribution in [-0.2, 0) is 9.59 Å². The first kappa shape index (κ1) is 44.4. The molecule has 0 atom stereocenters. The summed E-state index contributed by atoms with van der Waals surface area (Å²) in [6, 6.07) is 10.3. The summed E-state index contributed by atoms with van der Waals surface area (Å²) in [6.45, 7) is 8.34. The van der Waals surface area contributed by atoms with Gasteiger partial charge in [0.15, 0.2) is 10.9 Å². The molecule has 63 heavy (non-hydrogen) atoms. The number of amides is 3. The first-order chi connectivity index (χ1) is 30.4. The number of piperazine rings is 1. The third kappa shape index (κ3) is 10.7. The molecule has 0 bridgehead atoms. The number of fused-ring (bicyclic) bond motifs is 1. The minimum atomic E-state index is -0.550. The van der Waals surface area contributed by atoms with Gasteiger partial charge in [-0.1, -0.05) is 31.4 Å². The number of pyridine rings is 2. The third-order valence-electron chi connectivity index (χ3n) is 11.3. The van der Waals surface area contributed by atoms with Gasteiger partial charge in [-0.3, -0.25) is 48.9 Å². The Labute approximate surface area is 366 Å². The smallest absolute Gasteiger partial charge is 0.348 e. The normalized spacial score (nSPS) is 14.4. The van der Waals surface area contributed by atoms with E-state index in [0.717, 1.165) is 62.2 Å². The lowest BCUT2D eigenvalue weighted by Gasteiger charge is -2.35. The number of benzene rings is 1. The van der Waals surface area contributed by atoms with Gasteiger partial charge in [0.1, 0.15) is 17.2 Å². The number of anilines is 5. The van der Waals surface area contributed by atoms with E-state index in [1.54, 1.807) is 48.1 Å². The highest BCUT2D eigenvalue weighted by Crippen LogP contribution is 2.33. The lowest BCUT2D eigenvalue weighted by atomic mass is 10.0. The number of thiazole rings is 1. The van der Waals surface area contributed by atoms with Crippen LogP contribution in [0.15, 0.2) is 53.6 Å². The van der Waals surface area contributed by atoms with Crippen LogP contribution in [0.1, 0.15) is 96.3 Å². The number of rotatable bonds is 17. The lowest BCUT2D eigenvalue weighted by molar-refractivity contribution is -0.380. The number of Topliss-reactive ketones (excluding diaryl/α,β-unsaturated/α-hetero) is 1. The molecule has 1 saturated heterocycles. The SMILES string of the molecule is CC(=O)c1c(C)c2cnc(Nc3ccc(N4CCN(CC(=O)NCCCCCC(=O)Nc5ccccc5C(=O)Nc5nc(C)c([N+](=O)[O-])s5)CC4)cn3)nc2n(C2CCCC2)c1=O. The average Bonchev–Trinajstić information content (AvgIpc) is 3.92. The Bertz CT molecular complexity index is 2580. The van der Waals surface area contributed by atoms with E-state index in [4.69, 9.17) is 4.98 Å². The maximum absolute atomic E-state index is 13.6. The van der Waals surface area contributed by atoms with E-state index in [1.807, 2.05) is 12.1 Å². The average molecular weight is 879 g/mol. The van der Waals surface area contributed by atoms with Crippen molar-refractivity contribution in [1.29, 1.82) is 0 Å². The largest absolute Gasteiger partial charge is 0.368 e. The number of hydrogen-bond acceptors (Lipinski definition) is 15. The number of nitrogens with zero attached hydrogens (tertiary/aromatic N) is 8. The monoisotopic (exact) mass is 878 g/mol. The van der Waals surface area contributed by atoms with Gasteiger partial charge in [-0.2, -0.15) is 4.98 Å². The summed E-state index contributed by atoms with van der Waals surface area (Å²) in [4.78, 5) is 97.2. The Hall–Kier alpha value is -6.67. The van der Waals surface area contributed by atoms with Crippen LogP contribution in [0.2, 0.25) is 0 Å². The molecule has 330 valence electrons. The van der Waals surface area contributed by atoms with Gasteiger partial charge in [0, 0.05) is 56.8 Å². The zero-order valence-corrected chi connectivity index (χ0v) is 36.3. The summed E-state index contributed by atoms with van der Waals surface area (Å²) < 4.78 is 1.69. The molecule has 20 heteroatoms. The molecule has 7 rings (SSSR count). The molecule has 0 spiro atoms. The number of nitrogens with one attached hydrogen (secondary N) is 4. The Kier molecular flexibility index (Phi) is 14.1. The van der Waals surface area contributed by atoms with Crippen molar-refractivity contribution in [3.05, 3.63) is 91.6 Å². The van der Waals surface area contributed by atoms with Crippen LogP contribution in [-0.4, -0.2) is 97.1 Å². The zero-order chi connectivity index (χ0) is 44.6. The number of aromatic nitrogens is 5. The predicted octanol–water partition coefficient (Wildman–Crippen LogP) is 5.92. The number of aryl methyl sites for hydroxylation is 2.